The first-order chi connectivity index (χ1) is 23.6. The van der Waals surface area contributed by atoms with Crippen molar-refractivity contribution in [1.29, 1.82) is 0 Å². The Hall–Kier alpha value is -2.65. The number of aliphatic hydroxyl groups is 2. The maximum absolute atomic E-state index is 12.8. The van der Waals surface area contributed by atoms with Crippen LogP contribution >= 0.6 is 47.0 Å². The van der Waals surface area contributed by atoms with Crippen molar-refractivity contribution >= 4 is 64.5 Å². The number of nitrogens with zero attached hydrogens (tertiary/aromatic N) is 2. The number of phosphoric ester groups is 1. The Morgan fingerprint density at radius 2 is 1.55 bits per heavy atom. The average Bonchev–Trinajstić information content (AvgIpc) is 3.53. The number of carbonyl (C=O) groups is 1. The van der Waals surface area contributed by atoms with Crippen molar-refractivity contribution in [3.05, 3.63) is 92.1 Å². The van der Waals surface area contributed by atoms with Gasteiger partial charge in [-0.3, -0.25) is 38.3 Å². The minimum absolute atomic E-state index is 0.210. The SMILES string of the molecule is O=C1NC2OC(c3ccccc3Br)=CC2=CN1[C@@H]1O[C@H](COP(=O)([O-])OP(=O)([O-])OP(=O)([O-])OP(=O)([O-])Cc2ccc([N+](=O)[O-])cc2)[C@H](O)C1O. The molecule has 0 saturated carbocycles. The third kappa shape index (κ3) is 9.87. The van der Waals surface area contributed by atoms with Crippen LogP contribution in [-0.4, -0.2) is 63.4 Å². The lowest BCUT2D eigenvalue weighted by molar-refractivity contribution is -0.384. The van der Waals surface area contributed by atoms with Gasteiger partial charge in [0, 0.05) is 40.1 Å². The molecule has 5 rings (SSSR count). The lowest BCUT2D eigenvalue weighted by Gasteiger charge is -2.36. The fourth-order valence-electron chi connectivity index (χ4n) is 4.76. The number of carbonyl (C=O) groups excluding carboxylic acids is 1. The first kappa shape index (κ1) is 39.6. The number of nitro groups is 1. The Kier molecular flexibility index (Phi) is 11.6. The molecule has 51 heavy (non-hydrogen) atoms. The van der Waals surface area contributed by atoms with Gasteiger partial charge < -0.3 is 48.3 Å². The molecular weight excluding hydrogens is 838 g/mol. The first-order valence-electron chi connectivity index (χ1n) is 13.8. The van der Waals surface area contributed by atoms with Crippen molar-refractivity contribution in [2.45, 2.75) is 36.9 Å². The van der Waals surface area contributed by atoms with Gasteiger partial charge in [0.15, 0.2) is 6.23 Å². The molecule has 6 unspecified atom stereocenters. The minimum atomic E-state index is -6.52. The number of nitrogens with one attached hydrogen (secondary N) is 1. The highest BCUT2D eigenvalue weighted by Gasteiger charge is 2.49. The van der Waals surface area contributed by atoms with Crippen LogP contribution in [0.25, 0.3) is 5.76 Å². The second-order valence-corrected chi connectivity index (χ2v) is 17.9. The second kappa shape index (κ2) is 15.0. The van der Waals surface area contributed by atoms with Gasteiger partial charge in [-0.15, -0.1) is 0 Å². The lowest BCUT2D eigenvalue weighted by Crippen LogP contribution is -2.54. The number of non-ortho nitro benzene ring substituents is 1. The summed E-state index contributed by atoms with van der Waals surface area (Å²) >= 11 is 3.40. The molecule has 0 spiro atoms. The number of benzene rings is 2. The molecule has 1 saturated heterocycles. The molecule has 3 N–H and O–H groups in total. The fraction of sp³-hybridized carbons (Fsp3) is 0.292. The fourth-order valence-corrected chi connectivity index (χ4v) is 10.6. The number of hydrogen-bond donors (Lipinski definition) is 3. The van der Waals surface area contributed by atoms with E-state index in [9.17, 15) is 63.0 Å². The van der Waals surface area contributed by atoms with Gasteiger partial charge >= 0.3 is 6.03 Å². The molecule has 1 fully saturated rings. The molecule has 3 aliphatic rings. The Labute approximate surface area is 294 Å². The molecule has 9 atom stereocenters. The summed E-state index contributed by atoms with van der Waals surface area (Å²) < 4.78 is 75.7. The summed E-state index contributed by atoms with van der Waals surface area (Å²) in [5.74, 6) is 0.384. The van der Waals surface area contributed by atoms with Gasteiger partial charge in [0.1, 0.15) is 31.7 Å². The zero-order valence-electron chi connectivity index (χ0n) is 25.0. The zero-order chi connectivity index (χ0) is 37.5. The van der Waals surface area contributed by atoms with Gasteiger partial charge in [-0.1, -0.05) is 46.3 Å². The van der Waals surface area contributed by atoms with Crippen LogP contribution in [0.5, 0.6) is 0 Å². The van der Waals surface area contributed by atoms with Crippen LogP contribution < -0.4 is 24.9 Å². The van der Waals surface area contributed by atoms with E-state index in [1.165, 1.54) is 6.20 Å². The second-order valence-electron chi connectivity index (χ2n) is 10.6. The van der Waals surface area contributed by atoms with E-state index in [0.717, 1.165) is 29.2 Å². The van der Waals surface area contributed by atoms with Crippen molar-refractivity contribution in [1.82, 2.24) is 10.2 Å². The van der Waals surface area contributed by atoms with Crippen molar-refractivity contribution in [2.24, 2.45) is 0 Å². The minimum Gasteiger partial charge on any atom is -0.778 e. The number of ether oxygens (including phenoxy) is 2. The van der Waals surface area contributed by atoms with E-state index in [1.54, 1.807) is 30.3 Å². The smallest absolute Gasteiger partial charge is 0.326 e. The van der Waals surface area contributed by atoms with Gasteiger partial charge in [0.2, 0.25) is 6.23 Å². The van der Waals surface area contributed by atoms with Crippen LogP contribution in [-0.2, 0) is 51.4 Å². The molecule has 27 heteroatoms. The third-order valence-electron chi connectivity index (χ3n) is 6.92. The maximum Gasteiger partial charge on any atom is 0.326 e. The Balaban J connectivity index is 1.17. The van der Waals surface area contributed by atoms with Crippen molar-refractivity contribution in [3.8, 4) is 0 Å². The van der Waals surface area contributed by atoms with Crippen LogP contribution in [0.3, 0.4) is 0 Å². The summed E-state index contributed by atoms with van der Waals surface area (Å²) in [5.41, 5.74) is 0.420. The normalized spacial score (nSPS) is 27.8. The van der Waals surface area contributed by atoms with Gasteiger partial charge in [0.05, 0.1) is 11.5 Å². The molecule has 0 aromatic heterocycles. The van der Waals surface area contributed by atoms with Crippen molar-refractivity contribution in [3.63, 3.8) is 0 Å². The predicted octanol–water partition coefficient (Wildman–Crippen LogP) is 0.635. The predicted molar refractivity (Wildman–Crippen MR) is 163 cm³/mol. The number of rotatable bonds is 14. The van der Waals surface area contributed by atoms with E-state index in [0.29, 0.717) is 21.4 Å². The number of fused-ring (bicyclic) bond motifs is 1. The number of amides is 2. The molecule has 22 nitrogen and oxygen atoms in total. The maximum atomic E-state index is 12.8. The van der Waals surface area contributed by atoms with Gasteiger partial charge in [-0.25, -0.2) is 13.4 Å². The zero-order valence-corrected chi connectivity index (χ0v) is 30.1. The summed E-state index contributed by atoms with van der Waals surface area (Å²) in [7, 11) is -24.6. The van der Waals surface area contributed by atoms with E-state index in [2.05, 4.69) is 38.7 Å². The highest BCUT2D eigenvalue weighted by atomic mass is 79.9. The molecule has 278 valence electrons. The molecule has 0 aliphatic carbocycles. The summed E-state index contributed by atoms with van der Waals surface area (Å²) in [6, 6.07) is 9.86. The van der Waals surface area contributed by atoms with Crippen LogP contribution in [0.1, 0.15) is 11.1 Å². The lowest BCUT2D eigenvalue weighted by atomic mass is 10.1. The summed E-state index contributed by atoms with van der Waals surface area (Å²) in [5, 5.41) is 34.3. The summed E-state index contributed by atoms with van der Waals surface area (Å²) in [6.07, 6.45) is -6.48. The Bertz CT molecular complexity index is 1960. The molecular formula is C24H22BrN3O19P4-4. The molecule has 3 heterocycles. The molecule has 2 aromatic carbocycles. The number of hydrogen-bond acceptors (Lipinski definition) is 19. The molecule has 0 radical (unpaired) electrons. The summed E-state index contributed by atoms with van der Waals surface area (Å²) in [4.78, 5) is 72.1. The Morgan fingerprint density at radius 3 is 2.20 bits per heavy atom. The van der Waals surface area contributed by atoms with E-state index in [1.807, 2.05) is 0 Å². The molecule has 2 aromatic rings. The van der Waals surface area contributed by atoms with E-state index in [-0.39, 0.29) is 5.56 Å². The highest BCUT2D eigenvalue weighted by Crippen LogP contribution is 2.67. The topological polar surface area (TPSA) is 332 Å². The van der Waals surface area contributed by atoms with Gasteiger partial charge in [-0.05, 0) is 17.7 Å². The van der Waals surface area contributed by atoms with Crippen LogP contribution in [0.4, 0.5) is 10.5 Å². The van der Waals surface area contributed by atoms with Crippen LogP contribution in [0.2, 0.25) is 0 Å². The summed E-state index contributed by atoms with van der Waals surface area (Å²) in [6.45, 7) is -1.25. The van der Waals surface area contributed by atoms with Crippen LogP contribution in [0, 0.1) is 10.1 Å². The number of urea groups is 1. The van der Waals surface area contributed by atoms with Crippen molar-refractivity contribution in [2.75, 3.05) is 6.61 Å². The first-order valence-corrected chi connectivity index (χ1v) is 20.7. The Morgan fingerprint density at radius 1 is 0.922 bits per heavy atom. The standard InChI is InChI=1S/C24H26BrN3O19P4/c25-17-4-2-1-3-16(17)18-9-14-10-27(24(31)26-22(14)43-18)23-21(30)20(29)19(44-23)11-42-49(36,37)46-51(40,41)47-50(38,39)45-48(34,35)12-13-5-7-15(8-6-13)28(32)33/h1-10,19-23,29-30H,11-12H2,(H,26,31)(H,34,35)(H,36,37)(H,38,39)(H,40,41)/p-4/t19-,20+,21?,22?,23-/m1/s1. The van der Waals surface area contributed by atoms with Gasteiger partial charge in [-0.2, -0.15) is 0 Å². The van der Waals surface area contributed by atoms with E-state index >= 15 is 0 Å². The molecule has 3 aliphatic heterocycles. The molecule has 0 bridgehead atoms. The number of aliphatic hydroxyl groups excluding tert-OH is 2. The highest BCUT2D eigenvalue weighted by molar-refractivity contribution is 9.10. The molecule has 2 amide bonds. The number of phosphoric acid groups is 3. The average molecular weight is 860 g/mol. The van der Waals surface area contributed by atoms with Gasteiger partial charge in [0.25, 0.3) is 29.2 Å². The van der Waals surface area contributed by atoms with E-state index < -0.39 is 91.2 Å². The van der Waals surface area contributed by atoms with E-state index in [4.69, 9.17) is 9.47 Å². The van der Waals surface area contributed by atoms with Crippen molar-refractivity contribution < 1.29 is 84.7 Å². The largest absolute Gasteiger partial charge is 0.778 e. The van der Waals surface area contributed by atoms with Crippen LogP contribution in [0.15, 0.2) is 70.9 Å². The quantitative estimate of drug-likeness (QED) is 0.133. The monoisotopic (exact) mass is 859 g/mol. The number of halogens is 1. The number of nitro benzene ring substituents is 1. The third-order valence-corrected chi connectivity index (χ3v) is 13.8.